The molecule has 1 amide bonds. The van der Waals surface area contributed by atoms with E-state index < -0.39 is 12.0 Å². The Kier molecular flexibility index (Phi) is 9.41. The van der Waals surface area contributed by atoms with Gasteiger partial charge in [0.25, 0.3) is 0 Å². The molecule has 0 aromatic carbocycles. The summed E-state index contributed by atoms with van der Waals surface area (Å²) in [5.74, 6) is -0.626. The average molecular weight is 239 g/mol. The number of hydrogen-bond acceptors (Lipinski definition) is 4. The largest absolute Gasteiger partial charge is 0.467 e. The number of rotatable bonds is 5. The highest BCUT2D eigenvalue weighted by atomic mass is 35.5. The van der Waals surface area contributed by atoms with Crippen molar-refractivity contribution >= 4 is 24.3 Å². The SMILES string of the molecule is COC(=O)C(C)NC(=O)CCC(C)N.Cl. The molecule has 0 heterocycles. The smallest absolute Gasteiger partial charge is 0.328 e. The standard InChI is InChI=1S/C9H18N2O3.ClH/c1-6(10)4-5-8(12)11-7(2)9(13)14-3;/h6-7H,4-5,10H2,1-3H3,(H,11,12);1H. The molecule has 2 atom stereocenters. The van der Waals surface area contributed by atoms with Gasteiger partial charge in [0, 0.05) is 12.5 Å². The van der Waals surface area contributed by atoms with Crippen LogP contribution in [0.2, 0.25) is 0 Å². The summed E-state index contributed by atoms with van der Waals surface area (Å²) in [6, 6.07) is -0.602. The zero-order valence-electron chi connectivity index (χ0n) is 9.28. The molecule has 15 heavy (non-hydrogen) atoms. The van der Waals surface area contributed by atoms with Gasteiger partial charge in [0.05, 0.1) is 7.11 Å². The van der Waals surface area contributed by atoms with E-state index in [1.807, 2.05) is 6.92 Å². The Labute approximate surface area is 96.1 Å². The fourth-order valence-electron chi connectivity index (χ4n) is 0.908. The predicted octanol–water partition coefficient (Wildman–Crippen LogP) is 0.213. The first-order valence-corrected chi connectivity index (χ1v) is 4.60. The van der Waals surface area contributed by atoms with Gasteiger partial charge in [-0.05, 0) is 20.3 Å². The summed E-state index contributed by atoms with van der Waals surface area (Å²) in [5, 5.41) is 2.52. The zero-order chi connectivity index (χ0) is 11.1. The van der Waals surface area contributed by atoms with Crippen molar-refractivity contribution in [3.05, 3.63) is 0 Å². The van der Waals surface area contributed by atoms with Crippen molar-refractivity contribution in [1.82, 2.24) is 5.32 Å². The van der Waals surface area contributed by atoms with Crippen LogP contribution in [0.25, 0.3) is 0 Å². The van der Waals surface area contributed by atoms with Crippen LogP contribution in [-0.2, 0) is 14.3 Å². The monoisotopic (exact) mass is 238 g/mol. The van der Waals surface area contributed by atoms with E-state index in [0.29, 0.717) is 12.8 Å². The lowest BCUT2D eigenvalue weighted by atomic mass is 10.2. The molecule has 0 bridgehead atoms. The molecule has 0 rings (SSSR count). The second kappa shape index (κ2) is 8.49. The molecular weight excluding hydrogens is 220 g/mol. The van der Waals surface area contributed by atoms with E-state index >= 15 is 0 Å². The van der Waals surface area contributed by atoms with Crippen LogP contribution >= 0.6 is 12.4 Å². The van der Waals surface area contributed by atoms with Crippen LogP contribution in [0.5, 0.6) is 0 Å². The number of halogens is 1. The van der Waals surface area contributed by atoms with Gasteiger partial charge in [-0.25, -0.2) is 4.79 Å². The number of methoxy groups -OCH3 is 1. The third kappa shape index (κ3) is 8.20. The maximum absolute atomic E-state index is 11.2. The van der Waals surface area contributed by atoms with Gasteiger partial charge < -0.3 is 15.8 Å². The highest BCUT2D eigenvalue weighted by Crippen LogP contribution is 1.94. The van der Waals surface area contributed by atoms with Gasteiger partial charge in [-0.1, -0.05) is 0 Å². The fourth-order valence-corrected chi connectivity index (χ4v) is 0.908. The minimum atomic E-state index is -0.597. The van der Waals surface area contributed by atoms with E-state index in [4.69, 9.17) is 5.73 Å². The minimum Gasteiger partial charge on any atom is -0.467 e. The van der Waals surface area contributed by atoms with Crippen LogP contribution in [0.4, 0.5) is 0 Å². The summed E-state index contributed by atoms with van der Waals surface area (Å²) in [6.45, 7) is 3.41. The van der Waals surface area contributed by atoms with E-state index in [1.54, 1.807) is 6.92 Å². The van der Waals surface area contributed by atoms with Crippen LogP contribution in [0.15, 0.2) is 0 Å². The van der Waals surface area contributed by atoms with E-state index in [2.05, 4.69) is 10.1 Å². The third-order valence-corrected chi connectivity index (χ3v) is 1.76. The van der Waals surface area contributed by atoms with Crippen molar-refractivity contribution in [1.29, 1.82) is 0 Å². The molecule has 2 unspecified atom stereocenters. The predicted molar refractivity (Wildman–Crippen MR) is 59.8 cm³/mol. The van der Waals surface area contributed by atoms with Crippen LogP contribution < -0.4 is 11.1 Å². The number of ether oxygens (including phenoxy) is 1. The van der Waals surface area contributed by atoms with Gasteiger partial charge in [-0.15, -0.1) is 12.4 Å². The Bertz CT molecular complexity index is 210. The van der Waals surface area contributed by atoms with Crippen molar-refractivity contribution < 1.29 is 14.3 Å². The van der Waals surface area contributed by atoms with E-state index in [-0.39, 0.29) is 24.4 Å². The van der Waals surface area contributed by atoms with Gasteiger partial charge >= 0.3 is 5.97 Å². The average Bonchev–Trinajstić information content (AvgIpc) is 2.13. The summed E-state index contributed by atoms with van der Waals surface area (Å²) >= 11 is 0. The molecule has 0 aromatic rings. The molecule has 0 spiro atoms. The summed E-state index contributed by atoms with van der Waals surface area (Å²) in [6.07, 6.45) is 0.943. The maximum atomic E-state index is 11.2. The van der Waals surface area contributed by atoms with Gasteiger partial charge in [0.2, 0.25) is 5.91 Å². The number of nitrogens with two attached hydrogens (primary N) is 1. The summed E-state index contributed by atoms with van der Waals surface area (Å²) in [5.41, 5.74) is 5.49. The first-order chi connectivity index (χ1) is 6.47. The van der Waals surface area contributed by atoms with E-state index in [9.17, 15) is 9.59 Å². The maximum Gasteiger partial charge on any atom is 0.328 e. The Morgan fingerprint density at radius 1 is 1.40 bits per heavy atom. The quantitative estimate of drug-likeness (QED) is 0.671. The molecule has 0 saturated heterocycles. The van der Waals surface area contributed by atoms with Crippen molar-refractivity contribution in [2.45, 2.75) is 38.8 Å². The van der Waals surface area contributed by atoms with E-state index in [0.717, 1.165) is 0 Å². The Balaban J connectivity index is 0. The Hall–Kier alpha value is -0.810. The molecule has 5 nitrogen and oxygen atoms in total. The second-order valence-corrected chi connectivity index (χ2v) is 3.33. The molecule has 90 valence electrons. The highest BCUT2D eigenvalue weighted by molar-refractivity contribution is 5.85. The topological polar surface area (TPSA) is 81.4 Å². The van der Waals surface area contributed by atoms with Gasteiger partial charge in [-0.2, -0.15) is 0 Å². The molecule has 3 N–H and O–H groups in total. The third-order valence-electron chi connectivity index (χ3n) is 1.76. The highest BCUT2D eigenvalue weighted by Gasteiger charge is 2.15. The lowest BCUT2D eigenvalue weighted by Crippen LogP contribution is -2.39. The fraction of sp³-hybridized carbons (Fsp3) is 0.778. The van der Waals surface area contributed by atoms with Crippen molar-refractivity contribution in [3.8, 4) is 0 Å². The number of carbonyl (C=O) groups is 2. The number of hydrogen-bond donors (Lipinski definition) is 2. The normalized spacial score (nSPS) is 13.3. The molecule has 0 aliphatic carbocycles. The first-order valence-electron chi connectivity index (χ1n) is 4.60. The summed E-state index contributed by atoms with van der Waals surface area (Å²) in [7, 11) is 1.28. The molecular formula is C9H19ClN2O3. The first kappa shape index (κ1) is 16.6. The Morgan fingerprint density at radius 2 is 1.93 bits per heavy atom. The lowest BCUT2D eigenvalue weighted by Gasteiger charge is -2.11. The van der Waals surface area contributed by atoms with Crippen LogP contribution in [0.3, 0.4) is 0 Å². The zero-order valence-corrected chi connectivity index (χ0v) is 10.1. The van der Waals surface area contributed by atoms with Crippen LogP contribution in [0, 0.1) is 0 Å². The summed E-state index contributed by atoms with van der Waals surface area (Å²) in [4.78, 5) is 22.1. The van der Waals surface area contributed by atoms with Crippen LogP contribution in [0.1, 0.15) is 26.7 Å². The van der Waals surface area contributed by atoms with Gasteiger partial charge in [0.15, 0.2) is 0 Å². The molecule has 0 aromatic heterocycles. The molecule has 0 aliphatic rings. The number of carbonyl (C=O) groups excluding carboxylic acids is 2. The number of amides is 1. The molecule has 0 saturated carbocycles. The molecule has 0 radical (unpaired) electrons. The van der Waals surface area contributed by atoms with Gasteiger partial charge in [0.1, 0.15) is 6.04 Å². The van der Waals surface area contributed by atoms with Crippen molar-refractivity contribution in [3.63, 3.8) is 0 Å². The molecule has 6 heteroatoms. The summed E-state index contributed by atoms with van der Waals surface area (Å²) < 4.78 is 4.46. The van der Waals surface area contributed by atoms with Crippen LogP contribution in [-0.4, -0.2) is 31.1 Å². The Morgan fingerprint density at radius 3 is 2.33 bits per heavy atom. The minimum absolute atomic E-state index is 0. The second-order valence-electron chi connectivity index (χ2n) is 3.33. The van der Waals surface area contributed by atoms with Crippen molar-refractivity contribution in [2.24, 2.45) is 5.73 Å². The molecule has 0 aliphatic heterocycles. The number of nitrogens with one attached hydrogen (secondary N) is 1. The van der Waals surface area contributed by atoms with E-state index in [1.165, 1.54) is 7.11 Å². The van der Waals surface area contributed by atoms with Crippen molar-refractivity contribution in [2.75, 3.05) is 7.11 Å². The van der Waals surface area contributed by atoms with Gasteiger partial charge in [-0.3, -0.25) is 4.79 Å². The molecule has 0 fully saturated rings. The lowest BCUT2D eigenvalue weighted by molar-refractivity contribution is -0.144. The number of esters is 1.